The molecule has 15 heavy (non-hydrogen) atoms. The fraction of sp³-hybridized carbons (Fsp3) is 1.00. The predicted molar refractivity (Wildman–Crippen MR) is 60.7 cm³/mol. The van der Waals surface area contributed by atoms with E-state index in [1.54, 1.807) is 0 Å². The summed E-state index contributed by atoms with van der Waals surface area (Å²) in [4.78, 5) is 0. The lowest BCUT2D eigenvalue weighted by Gasteiger charge is -2.50. The van der Waals surface area contributed by atoms with Crippen molar-refractivity contribution in [1.29, 1.82) is 0 Å². The van der Waals surface area contributed by atoms with E-state index in [-0.39, 0.29) is 11.5 Å². The Balaban J connectivity index is 1.66. The zero-order chi connectivity index (χ0) is 10.9. The van der Waals surface area contributed by atoms with Crippen LogP contribution in [0.1, 0.15) is 52.4 Å². The van der Waals surface area contributed by atoms with Crippen LogP contribution in [0.2, 0.25) is 0 Å². The predicted octanol–water partition coefficient (Wildman–Crippen LogP) is 2.74. The van der Waals surface area contributed by atoms with Gasteiger partial charge in [0.05, 0.1) is 12.2 Å². The maximum Gasteiger partial charge on any atom is 0.0678 e. The van der Waals surface area contributed by atoms with Crippen LogP contribution >= 0.6 is 0 Å². The summed E-state index contributed by atoms with van der Waals surface area (Å²) in [5.41, 5.74) is 0.0274. The minimum atomic E-state index is -0.142. The van der Waals surface area contributed by atoms with Gasteiger partial charge in [-0.3, -0.25) is 0 Å². The number of aliphatic hydroxyl groups is 1. The summed E-state index contributed by atoms with van der Waals surface area (Å²) in [6, 6.07) is 0. The zero-order valence-electron chi connectivity index (χ0n) is 10.0. The Morgan fingerprint density at radius 1 is 1.40 bits per heavy atom. The third-order valence-electron chi connectivity index (χ3n) is 4.77. The van der Waals surface area contributed by atoms with Gasteiger partial charge in [-0.2, -0.15) is 0 Å². The Hall–Kier alpha value is -0.0800. The van der Waals surface area contributed by atoms with Crippen molar-refractivity contribution in [2.24, 2.45) is 11.3 Å². The largest absolute Gasteiger partial charge is 0.392 e. The summed E-state index contributed by atoms with van der Waals surface area (Å²) in [5.74, 6) is 0.933. The van der Waals surface area contributed by atoms with Crippen molar-refractivity contribution in [3.63, 3.8) is 0 Å². The summed E-state index contributed by atoms with van der Waals surface area (Å²) < 4.78 is 5.90. The maximum atomic E-state index is 9.72. The van der Waals surface area contributed by atoms with Crippen LogP contribution in [0.15, 0.2) is 0 Å². The average Bonchev–Trinajstić information content (AvgIpc) is 2.18. The normalized spacial score (nSPS) is 41.0. The van der Waals surface area contributed by atoms with Crippen LogP contribution < -0.4 is 0 Å². The van der Waals surface area contributed by atoms with E-state index in [0.717, 1.165) is 25.4 Å². The monoisotopic (exact) mass is 212 g/mol. The molecule has 0 heterocycles. The number of hydrogen-bond acceptors (Lipinski definition) is 2. The molecule has 3 unspecified atom stereocenters. The molecule has 0 amide bonds. The van der Waals surface area contributed by atoms with Crippen LogP contribution in [0.4, 0.5) is 0 Å². The standard InChI is InChI=1S/C13H24O2/c1-3-13(2)11(14)9-12(13)15-8-7-10-5-4-6-10/h10-12,14H,3-9H2,1-2H3. The molecule has 0 saturated heterocycles. The van der Waals surface area contributed by atoms with Gasteiger partial charge >= 0.3 is 0 Å². The molecule has 2 nitrogen and oxygen atoms in total. The van der Waals surface area contributed by atoms with Gasteiger partial charge < -0.3 is 9.84 Å². The second-order valence-corrected chi connectivity index (χ2v) is 5.56. The van der Waals surface area contributed by atoms with Gasteiger partial charge in [0.1, 0.15) is 0 Å². The van der Waals surface area contributed by atoms with Gasteiger partial charge in [-0.05, 0) is 18.8 Å². The SMILES string of the molecule is CCC1(C)C(O)CC1OCCC1CCC1. The quantitative estimate of drug-likeness (QED) is 0.759. The van der Waals surface area contributed by atoms with Crippen LogP contribution in [0, 0.1) is 11.3 Å². The lowest BCUT2D eigenvalue weighted by Crippen LogP contribution is -2.56. The summed E-state index contributed by atoms with van der Waals surface area (Å²) >= 11 is 0. The van der Waals surface area contributed by atoms with Crippen LogP contribution in [0.3, 0.4) is 0 Å². The number of aliphatic hydroxyl groups excluding tert-OH is 1. The van der Waals surface area contributed by atoms with E-state index in [9.17, 15) is 5.11 Å². The Bertz CT molecular complexity index is 213. The molecule has 0 radical (unpaired) electrons. The lowest BCUT2D eigenvalue weighted by molar-refractivity contribution is -0.186. The van der Waals surface area contributed by atoms with Gasteiger partial charge in [-0.1, -0.05) is 33.1 Å². The van der Waals surface area contributed by atoms with Crippen molar-refractivity contribution in [2.75, 3.05) is 6.61 Å². The molecule has 1 N–H and O–H groups in total. The molecule has 0 aliphatic heterocycles. The van der Waals surface area contributed by atoms with Crippen molar-refractivity contribution in [2.45, 2.75) is 64.6 Å². The van der Waals surface area contributed by atoms with Gasteiger partial charge in [-0.15, -0.1) is 0 Å². The first-order chi connectivity index (χ1) is 7.16. The van der Waals surface area contributed by atoms with E-state index in [1.165, 1.54) is 25.7 Å². The third-order valence-corrected chi connectivity index (χ3v) is 4.77. The third kappa shape index (κ3) is 2.07. The Morgan fingerprint density at radius 3 is 2.60 bits per heavy atom. The van der Waals surface area contributed by atoms with E-state index in [2.05, 4.69) is 13.8 Å². The number of hydrogen-bond donors (Lipinski definition) is 1. The molecule has 0 spiro atoms. The second kappa shape index (κ2) is 4.42. The molecule has 2 aliphatic carbocycles. The maximum absolute atomic E-state index is 9.72. The molecule has 0 aromatic heterocycles. The molecule has 2 saturated carbocycles. The van der Waals surface area contributed by atoms with E-state index in [1.807, 2.05) is 0 Å². The topological polar surface area (TPSA) is 29.5 Å². The van der Waals surface area contributed by atoms with Gasteiger partial charge in [-0.25, -0.2) is 0 Å². The summed E-state index contributed by atoms with van der Waals surface area (Å²) in [5, 5.41) is 9.72. The highest BCUT2D eigenvalue weighted by atomic mass is 16.5. The van der Waals surface area contributed by atoms with Crippen LogP contribution in [-0.2, 0) is 4.74 Å². The Kier molecular flexibility index (Phi) is 3.36. The first-order valence-corrected chi connectivity index (χ1v) is 6.46. The minimum absolute atomic E-state index is 0.0274. The molecule has 2 heteroatoms. The van der Waals surface area contributed by atoms with Gasteiger partial charge in [0.15, 0.2) is 0 Å². The molecule has 3 atom stereocenters. The lowest BCUT2D eigenvalue weighted by atomic mass is 9.63. The molecule has 0 aromatic rings. The Labute approximate surface area is 93.0 Å². The minimum Gasteiger partial charge on any atom is -0.392 e. The first kappa shape index (κ1) is 11.4. The van der Waals surface area contributed by atoms with E-state index >= 15 is 0 Å². The molecule has 88 valence electrons. The highest BCUT2D eigenvalue weighted by molar-refractivity contribution is 5.00. The summed E-state index contributed by atoms with van der Waals surface area (Å²) in [6.45, 7) is 5.19. The highest BCUT2D eigenvalue weighted by Gasteiger charge is 2.50. The zero-order valence-corrected chi connectivity index (χ0v) is 10.0. The van der Waals surface area contributed by atoms with E-state index in [4.69, 9.17) is 4.74 Å². The van der Waals surface area contributed by atoms with Crippen molar-refractivity contribution >= 4 is 0 Å². The summed E-state index contributed by atoms with van der Waals surface area (Å²) in [7, 11) is 0. The molecule has 2 rings (SSSR count). The second-order valence-electron chi connectivity index (χ2n) is 5.56. The van der Waals surface area contributed by atoms with Crippen LogP contribution in [0.25, 0.3) is 0 Å². The van der Waals surface area contributed by atoms with Crippen molar-refractivity contribution in [3.8, 4) is 0 Å². The molecule has 0 bridgehead atoms. The van der Waals surface area contributed by atoms with Gasteiger partial charge in [0.2, 0.25) is 0 Å². The van der Waals surface area contributed by atoms with Crippen molar-refractivity contribution < 1.29 is 9.84 Å². The van der Waals surface area contributed by atoms with Crippen molar-refractivity contribution in [3.05, 3.63) is 0 Å². The van der Waals surface area contributed by atoms with Gasteiger partial charge in [0.25, 0.3) is 0 Å². The molecule has 2 aliphatic rings. The fourth-order valence-electron chi connectivity index (χ4n) is 2.68. The van der Waals surface area contributed by atoms with Crippen LogP contribution in [0.5, 0.6) is 0 Å². The number of ether oxygens (including phenoxy) is 1. The molecule has 2 fully saturated rings. The smallest absolute Gasteiger partial charge is 0.0678 e. The van der Waals surface area contributed by atoms with Gasteiger partial charge in [0, 0.05) is 18.4 Å². The fourth-order valence-corrected chi connectivity index (χ4v) is 2.68. The average molecular weight is 212 g/mol. The molecule has 0 aromatic carbocycles. The van der Waals surface area contributed by atoms with E-state index < -0.39 is 0 Å². The van der Waals surface area contributed by atoms with Crippen molar-refractivity contribution in [1.82, 2.24) is 0 Å². The Morgan fingerprint density at radius 2 is 2.13 bits per heavy atom. The number of rotatable bonds is 5. The molecular formula is C13H24O2. The van der Waals surface area contributed by atoms with Crippen LogP contribution in [-0.4, -0.2) is 23.9 Å². The summed E-state index contributed by atoms with van der Waals surface area (Å²) in [6.07, 6.45) is 7.47. The van der Waals surface area contributed by atoms with E-state index in [0.29, 0.717) is 6.10 Å². The molecular weight excluding hydrogens is 188 g/mol. The first-order valence-electron chi connectivity index (χ1n) is 6.46. The highest BCUT2D eigenvalue weighted by Crippen LogP contribution is 2.46.